The number of carbonyl (C=O) groups excluding carboxylic acids is 1. The van der Waals surface area contributed by atoms with Gasteiger partial charge in [-0.3, -0.25) is 0 Å². The van der Waals surface area contributed by atoms with Crippen LogP contribution in [-0.2, 0) is 4.74 Å². The zero-order chi connectivity index (χ0) is 15.6. The van der Waals surface area contributed by atoms with Gasteiger partial charge in [-0.05, 0) is 39.7 Å². The van der Waals surface area contributed by atoms with Crippen LogP contribution >= 0.6 is 0 Å². The monoisotopic (exact) mass is 292 g/mol. The van der Waals surface area contributed by atoms with Crippen LogP contribution in [0, 0.1) is 0 Å². The van der Waals surface area contributed by atoms with Gasteiger partial charge in [0.2, 0.25) is 0 Å². The van der Waals surface area contributed by atoms with E-state index in [1.165, 1.54) is 0 Å². The molecule has 1 saturated heterocycles. The van der Waals surface area contributed by atoms with Gasteiger partial charge in [0.1, 0.15) is 11.4 Å². The number of hydrogen-bond acceptors (Lipinski definition) is 4. The molecule has 1 unspecified atom stereocenters. The highest BCUT2D eigenvalue weighted by Gasteiger charge is 2.34. The van der Waals surface area contributed by atoms with E-state index in [-0.39, 0.29) is 12.1 Å². The third-order valence-corrected chi connectivity index (χ3v) is 3.52. The molecule has 0 spiro atoms. The van der Waals surface area contributed by atoms with Crippen LogP contribution in [0.2, 0.25) is 0 Å². The van der Waals surface area contributed by atoms with E-state index in [0.29, 0.717) is 18.0 Å². The molecule has 2 N–H and O–H groups in total. The number of carbonyl (C=O) groups is 1. The van der Waals surface area contributed by atoms with Crippen LogP contribution in [0.1, 0.15) is 45.2 Å². The molecule has 2 rings (SSSR count). The van der Waals surface area contributed by atoms with Crippen LogP contribution in [0.3, 0.4) is 0 Å². The summed E-state index contributed by atoms with van der Waals surface area (Å²) in [6, 6.07) is 5.61. The summed E-state index contributed by atoms with van der Waals surface area (Å²) < 4.78 is 10.9. The number of rotatable bonds is 2. The van der Waals surface area contributed by atoms with Crippen LogP contribution < -0.4 is 10.5 Å². The van der Waals surface area contributed by atoms with Gasteiger partial charge in [-0.1, -0.05) is 12.1 Å². The zero-order valence-corrected chi connectivity index (χ0v) is 13.2. The van der Waals surface area contributed by atoms with Gasteiger partial charge >= 0.3 is 6.09 Å². The van der Waals surface area contributed by atoms with E-state index in [2.05, 4.69) is 0 Å². The van der Waals surface area contributed by atoms with E-state index in [1.807, 2.05) is 32.9 Å². The summed E-state index contributed by atoms with van der Waals surface area (Å²) in [5.74, 6) is 0.651. The van der Waals surface area contributed by atoms with Crippen LogP contribution in [0.5, 0.6) is 5.75 Å². The number of amides is 1. The second-order valence-electron chi connectivity index (χ2n) is 6.30. The lowest BCUT2D eigenvalue weighted by Crippen LogP contribution is -2.36. The van der Waals surface area contributed by atoms with Crippen molar-refractivity contribution < 1.29 is 14.3 Å². The highest BCUT2D eigenvalue weighted by Crippen LogP contribution is 2.40. The first-order valence-electron chi connectivity index (χ1n) is 7.25. The van der Waals surface area contributed by atoms with Gasteiger partial charge in [-0.15, -0.1) is 0 Å². The molecule has 1 aliphatic rings. The second-order valence-corrected chi connectivity index (χ2v) is 6.30. The molecule has 1 amide bonds. The smallest absolute Gasteiger partial charge is 0.410 e. The number of nitrogens with two attached hydrogens (primary N) is 1. The minimum Gasteiger partial charge on any atom is -0.494 e. The molecule has 0 saturated carbocycles. The van der Waals surface area contributed by atoms with Crippen molar-refractivity contribution in [2.75, 3.05) is 19.4 Å². The van der Waals surface area contributed by atoms with E-state index in [9.17, 15) is 4.79 Å². The molecule has 1 heterocycles. The first-order chi connectivity index (χ1) is 9.83. The molecular formula is C16H24N2O3. The van der Waals surface area contributed by atoms with E-state index in [0.717, 1.165) is 18.4 Å². The third kappa shape index (κ3) is 3.40. The summed E-state index contributed by atoms with van der Waals surface area (Å²) in [6.07, 6.45) is 1.55. The number of benzene rings is 1. The molecular weight excluding hydrogens is 268 g/mol. The van der Waals surface area contributed by atoms with Crippen LogP contribution in [0.4, 0.5) is 10.5 Å². The molecule has 0 aliphatic carbocycles. The summed E-state index contributed by atoms with van der Waals surface area (Å²) in [6.45, 7) is 6.31. The van der Waals surface area contributed by atoms with E-state index in [1.54, 1.807) is 18.1 Å². The lowest BCUT2D eigenvalue weighted by molar-refractivity contribution is 0.0223. The fourth-order valence-corrected chi connectivity index (χ4v) is 2.70. The van der Waals surface area contributed by atoms with Crippen molar-refractivity contribution in [2.24, 2.45) is 0 Å². The number of nitrogens with zero attached hydrogens (tertiary/aromatic N) is 1. The van der Waals surface area contributed by atoms with Crippen molar-refractivity contribution >= 4 is 11.8 Å². The quantitative estimate of drug-likeness (QED) is 0.849. The minimum atomic E-state index is -0.496. The van der Waals surface area contributed by atoms with Crippen molar-refractivity contribution in [3.05, 3.63) is 23.8 Å². The summed E-state index contributed by atoms with van der Waals surface area (Å²) in [7, 11) is 1.60. The Kier molecular flexibility index (Phi) is 4.30. The Morgan fingerprint density at radius 3 is 2.71 bits per heavy atom. The second kappa shape index (κ2) is 5.84. The van der Waals surface area contributed by atoms with Gasteiger partial charge in [0.15, 0.2) is 0 Å². The Balaban J connectivity index is 2.27. The topological polar surface area (TPSA) is 64.8 Å². The van der Waals surface area contributed by atoms with Crippen molar-refractivity contribution in [3.63, 3.8) is 0 Å². The number of methoxy groups -OCH3 is 1. The Hall–Kier alpha value is -1.91. The highest BCUT2D eigenvalue weighted by molar-refractivity contribution is 5.70. The van der Waals surface area contributed by atoms with Gasteiger partial charge in [0, 0.05) is 12.1 Å². The Morgan fingerprint density at radius 2 is 2.10 bits per heavy atom. The van der Waals surface area contributed by atoms with E-state index < -0.39 is 5.60 Å². The molecule has 21 heavy (non-hydrogen) atoms. The average molecular weight is 292 g/mol. The maximum Gasteiger partial charge on any atom is 0.410 e. The molecule has 1 aromatic carbocycles. The largest absolute Gasteiger partial charge is 0.494 e. The van der Waals surface area contributed by atoms with Gasteiger partial charge in [0.05, 0.1) is 18.8 Å². The van der Waals surface area contributed by atoms with E-state index in [4.69, 9.17) is 15.2 Å². The maximum atomic E-state index is 12.4. The number of ether oxygens (including phenoxy) is 2. The molecule has 1 fully saturated rings. The predicted octanol–water partition coefficient (Wildman–Crippen LogP) is 3.35. The minimum absolute atomic E-state index is 0.0432. The average Bonchev–Trinajstić information content (AvgIpc) is 2.85. The number of anilines is 1. The Bertz CT molecular complexity index is 523. The summed E-state index contributed by atoms with van der Waals surface area (Å²) in [5, 5.41) is 0. The van der Waals surface area contributed by atoms with Crippen LogP contribution in [0.25, 0.3) is 0 Å². The van der Waals surface area contributed by atoms with Crippen molar-refractivity contribution in [3.8, 4) is 5.75 Å². The summed E-state index contributed by atoms with van der Waals surface area (Å²) >= 11 is 0. The van der Waals surface area contributed by atoms with Gasteiger partial charge in [-0.2, -0.15) is 0 Å². The van der Waals surface area contributed by atoms with Crippen molar-refractivity contribution in [1.29, 1.82) is 0 Å². The van der Waals surface area contributed by atoms with E-state index >= 15 is 0 Å². The summed E-state index contributed by atoms with van der Waals surface area (Å²) in [5.41, 5.74) is 7.00. The maximum absolute atomic E-state index is 12.4. The van der Waals surface area contributed by atoms with Gasteiger partial charge in [-0.25, -0.2) is 4.79 Å². The van der Waals surface area contributed by atoms with Crippen molar-refractivity contribution in [1.82, 2.24) is 4.90 Å². The molecule has 0 aromatic heterocycles. The predicted molar refractivity (Wildman–Crippen MR) is 82.3 cm³/mol. The Morgan fingerprint density at radius 1 is 1.38 bits per heavy atom. The standard InChI is InChI=1S/C16H24N2O3/c1-16(2,3)21-15(19)18-10-6-9-13(18)11-7-5-8-12(17)14(11)20-4/h5,7-8,13H,6,9-10,17H2,1-4H3. The zero-order valence-electron chi connectivity index (χ0n) is 13.2. The lowest BCUT2D eigenvalue weighted by atomic mass is 10.0. The fourth-order valence-electron chi connectivity index (χ4n) is 2.70. The Labute approximate surface area is 126 Å². The molecule has 116 valence electrons. The third-order valence-electron chi connectivity index (χ3n) is 3.52. The lowest BCUT2D eigenvalue weighted by Gasteiger charge is -2.29. The van der Waals surface area contributed by atoms with Gasteiger partial charge < -0.3 is 20.1 Å². The number of para-hydroxylation sites is 1. The summed E-state index contributed by atoms with van der Waals surface area (Å²) in [4.78, 5) is 14.1. The fraction of sp³-hybridized carbons (Fsp3) is 0.562. The molecule has 5 heteroatoms. The first-order valence-corrected chi connectivity index (χ1v) is 7.25. The first kappa shape index (κ1) is 15.5. The van der Waals surface area contributed by atoms with Gasteiger partial charge in [0.25, 0.3) is 0 Å². The highest BCUT2D eigenvalue weighted by atomic mass is 16.6. The number of nitrogen functional groups attached to an aromatic ring is 1. The molecule has 0 bridgehead atoms. The number of hydrogen-bond donors (Lipinski definition) is 1. The molecule has 1 aliphatic heterocycles. The molecule has 0 radical (unpaired) electrons. The molecule has 1 aromatic rings. The van der Waals surface area contributed by atoms with Crippen LogP contribution in [0.15, 0.2) is 18.2 Å². The molecule has 5 nitrogen and oxygen atoms in total. The SMILES string of the molecule is COc1c(N)cccc1C1CCCN1C(=O)OC(C)(C)C. The van der Waals surface area contributed by atoms with Crippen molar-refractivity contribution in [2.45, 2.75) is 45.3 Å². The molecule has 1 atom stereocenters. The number of likely N-dealkylation sites (tertiary alicyclic amines) is 1. The normalized spacial score (nSPS) is 18.7. The van der Waals surface area contributed by atoms with Crippen LogP contribution in [-0.4, -0.2) is 30.2 Å².